The molecule has 1 fully saturated rings. The summed E-state index contributed by atoms with van der Waals surface area (Å²) in [6, 6.07) is 0. The highest BCUT2D eigenvalue weighted by atomic mass is 16.5. The molecule has 1 saturated heterocycles. The van der Waals surface area contributed by atoms with E-state index >= 15 is 0 Å². The lowest BCUT2D eigenvalue weighted by Gasteiger charge is -2.30. The van der Waals surface area contributed by atoms with Crippen LogP contribution in [-0.4, -0.2) is 23.1 Å². The van der Waals surface area contributed by atoms with Crippen molar-refractivity contribution < 1.29 is 13.9 Å². The number of nitrogens with zero attached hydrogens (tertiary/aromatic N) is 2. The maximum absolute atomic E-state index is 10.4. The SMILES string of the molecule is CC1(c2nnc(C=O)o2)CCCCO1. The Bertz CT molecular complexity index is 329. The Labute approximate surface area is 81.5 Å². The number of carbonyl (C=O) groups is 1. The van der Waals surface area contributed by atoms with E-state index in [1.807, 2.05) is 6.92 Å². The van der Waals surface area contributed by atoms with Gasteiger partial charge < -0.3 is 9.15 Å². The summed E-state index contributed by atoms with van der Waals surface area (Å²) in [6.45, 7) is 2.61. The van der Waals surface area contributed by atoms with Gasteiger partial charge in [-0.15, -0.1) is 10.2 Å². The fourth-order valence-corrected chi connectivity index (χ4v) is 1.60. The molecule has 0 aliphatic carbocycles. The van der Waals surface area contributed by atoms with Crippen molar-refractivity contribution in [3.8, 4) is 0 Å². The van der Waals surface area contributed by atoms with Gasteiger partial charge in [-0.3, -0.25) is 4.79 Å². The lowest BCUT2D eigenvalue weighted by Crippen LogP contribution is -2.30. The monoisotopic (exact) mass is 196 g/mol. The van der Waals surface area contributed by atoms with Gasteiger partial charge in [0.1, 0.15) is 5.60 Å². The van der Waals surface area contributed by atoms with Crippen LogP contribution >= 0.6 is 0 Å². The minimum Gasteiger partial charge on any atom is -0.415 e. The summed E-state index contributed by atoms with van der Waals surface area (Å²) in [5.74, 6) is 0.412. The molecular weight excluding hydrogens is 184 g/mol. The molecule has 0 radical (unpaired) electrons. The highest BCUT2D eigenvalue weighted by molar-refractivity contribution is 5.66. The molecule has 76 valence electrons. The van der Waals surface area contributed by atoms with Gasteiger partial charge in [-0.25, -0.2) is 0 Å². The van der Waals surface area contributed by atoms with Crippen LogP contribution in [0.2, 0.25) is 0 Å². The van der Waals surface area contributed by atoms with Crippen molar-refractivity contribution in [3.63, 3.8) is 0 Å². The van der Waals surface area contributed by atoms with Crippen LogP contribution in [0.25, 0.3) is 0 Å². The molecule has 2 heterocycles. The first-order chi connectivity index (χ1) is 6.74. The Hall–Kier alpha value is -1.23. The Balaban J connectivity index is 2.23. The third-order valence-electron chi connectivity index (χ3n) is 2.46. The van der Waals surface area contributed by atoms with Gasteiger partial charge in [-0.1, -0.05) is 0 Å². The first kappa shape index (κ1) is 9.33. The molecule has 1 aromatic heterocycles. The van der Waals surface area contributed by atoms with Crippen molar-refractivity contribution >= 4 is 6.29 Å². The summed E-state index contributed by atoms with van der Waals surface area (Å²) in [5.41, 5.74) is -0.507. The van der Waals surface area contributed by atoms with Gasteiger partial charge in [0, 0.05) is 6.61 Å². The molecule has 14 heavy (non-hydrogen) atoms. The van der Waals surface area contributed by atoms with E-state index < -0.39 is 5.60 Å². The number of hydrogen-bond acceptors (Lipinski definition) is 5. The van der Waals surface area contributed by atoms with E-state index in [0.717, 1.165) is 19.3 Å². The predicted octanol–water partition coefficient (Wildman–Crippen LogP) is 1.30. The van der Waals surface area contributed by atoms with Crippen LogP contribution in [0, 0.1) is 0 Å². The highest BCUT2D eigenvalue weighted by Crippen LogP contribution is 2.33. The first-order valence-electron chi connectivity index (χ1n) is 4.68. The Kier molecular flexibility index (Phi) is 2.33. The van der Waals surface area contributed by atoms with E-state index in [1.165, 1.54) is 0 Å². The lowest BCUT2D eigenvalue weighted by molar-refractivity contribution is -0.0868. The molecule has 1 atom stereocenters. The van der Waals surface area contributed by atoms with E-state index in [-0.39, 0.29) is 5.89 Å². The van der Waals surface area contributed by atoms with Gasteiger partial charge in [0.05, 0.1) is 0 Å². The zero-order chi connectivity index (χ0) is 10.0. The zero-order valence-corrected chi connectivity index (χ0v) is 8.02. The fraction of sp³-hybridized carbons (Fsp3) is 0.667. The molecular formula is C9H12N2O3. The minimum absolute atomic E-state index is 0.00963. The summed E-state index contributed by atoms with van der Waals surface area (Å²) in [7, 11) is 0. The normalized spacial score (nSPS) is 27.5. The van der Waals surface area contributed by atoms with Gasteiger partial charge >= 0.3 is 0 Å². The summed E-state index contributed by atoms with van der Waals surface area (Å²) in [6.07, 6.45) is 3.54. The number of carbonyl (C=O) groups excluding carboxylic acids is 1. The largest absolute Gasteiger partial charge is 0.415 e. The Morgan fingerprint density at radius 3 is 2.86 bits per heavy atom. The quantitative estimate of drug-likeness (QED) is 0.667. The van der Waals surface area contributed by atoms with Crippen LogP contribution in [0.4, 0.5) is 0 Å². The van der Waals surface area contributed by atoms with Gasteiger partial charge in [0.2, 0.25) is 12.2 Å². The smallest absolute Gasteiger partial charge is 0.280 e. The molecule has 1 unspecified atom stereocenters. The topological polar surface area (TPSA) is 65.2 Å². The summed E-state index contributed by atoms with van der Waals surface area (Å²) in [4.78, 5) is 10.4. The van der Waals surface area contributed by atoms with Crippen molar-refractivity contribution in [2.24, 2.45) is 0 Å². The number of aromatic nitrogens is 2. The molecule has 1 aliphatic heterocycles. The van der Waals surface area contributed by atoms with Crippen LogP contribution in [0.15, 0.2) is 4.42 Å². The zero-order valence-electron chi connectivity index (χ0n) is 8.02. The van der Waals surface area contributed by atoms with Crippen molar-refractivity contribution in [1.29, 1.82) is 0 Å². The molecule has 2 rings (SSSR count). The van der Waals surface area contributed by atoms with Crippen molar-refractivity contribution in [1.82, 2.24) is 10.2 Å². The standard InChI is InChI=1S/C9H12N2O3/c1-9(4-2-3-5-13-9)8-11-10-7(6-12)14-8/h6H,2-5H2,1H3. The molecule has 1 aromatic rings. The maximum atomic E-state index is 10.4. The van der Waals surface area contributed by atoms with E-state index in [1.54, 1.807) is 0 Å². The molecule has 0 amide bonds. The van der Waals surface area contributed by atoms with Crippen molar-refractivity contribution in [2.75, 3.05) is 6.61 Å². The number of ether oxygens (including phenoxy) is 1. The van der Waals surface area contributed by atoms with E-state index in [0.29, 0.717) is 18.8 Å². The predicted molar refractivity (Wildman–Crippen MR) is 46.8 cm³/mol. The van der Waals surface area contributed by atoms with Gasteiger partial charge in [-0.05, 0) is 26.2 Å². The number of hydrogen-bond donors (Lipinski definition) is 0. The van der Waals surface area contributed by atoms with Gasteiger partial charge in [0.25, 0.3) is 5.89 Å². The fourth-order valence-electron chi connectivity index (χ4n) is 1.60. The molecule has 5 nitrogen and oxygen atoms in total. The molecule has 0 N–H and O–H groups in total. The average Bonchev–Trinajstić information content (AvgIpc) is 2.67. The second-order valence-electron chi connectivity index (χ2n) is 3.60. The average molecular weight is 196 g/mol. The second-order valence-corrected chi connectivity index (χ2v) is 3.60. The Morgan fingerprint density at radius 1 is 1.43 bits per heavy atom. The summed E-state index contributed by atoms with van der Waals surface area (Å²) in [5, 5.41) is 7.40. The Morgan fingerprint density at radius 2 is 2.29 bits per heavy atom. The second kappa shape index (κ2) is 3.49. The van der Waals surface area contributed by atoms with Gasteiger partial charge in [-0.2, -0.15) is 0 Å². The van der Waals surface area contributed by atoms with Crippen LogP contribution in [0.3, 0.4) is 0 Å². The summed E-state index contributed by atoms with van der Waals surface area (Å²) < 4.78 is 10.8. The van der Waals surface area contributed by atoms with E-state index in [9.17, 15) is 4.79 Å². The third-order valence-corrected chi connectivity index (χ3v) is 2.46. The van der Waals surface area contributed by atoms with Crippen molar-refractivity contribution in [3.05, 3.63) is 11.8 Å². The van der Waals surface area contributed by atoms with Crippen LogP contribution < -0.4 is 0 Å². The first-order valence-corrected chi connectivity index (χ1v) is 4.68. The molecule has 0 spiro atoms. The molecule has 5 heteroatoms. The molecule has 0 saturated carbocycles. The molecule has 1 aliphatic rings. The third kappa shape index (κ3) is 1.55. The lowest BCUT2D eigenvalue weighted by atomic mass is 9.96. The highest BCUT2D eigenvalue weighted by Gasteiger charge is 2.35. The van der Waals surface area contributed by atoms with Crippen molar-refractivity contribution in [2.45, 2.75) is 31.8 Å². The minimum atomic E-state index is -0.507. The van der Waals surface area contributed by atoms with Crippen LogP contribution in [0.5, 0.6) is 0 Å². The van der Waals surface area contributed by atoms with Gasteiger partial charge in [0.15, 0.2) is 0 Å². The van der Waals surface area contributed by atoms with E-state index in [2.05, 4.69) is 10.2 Å². The van der Waals surface area contributed by atoms with E-state index in [4.69, 9.17) is 9.15 Å². The maximum Gasteiger partial charge on any atom is 0.280 e. The van der Waals surface area contributed by atoms with Crippen LogP contribution in [-0.2, 0) is 10.3 Å². The molecule has 0 aromatic carbocycles. The van der Waals surface area contributed by atoms with Crippen LogP contribution in [0.1, 0.15) is 42.8 Å². The summed E-state index contributed by atoms with van der Waals surface area (Å²) >= 11 is 0. The number of aldehydes is 1. The number of rotatable bonds is 2. The molecule has 0 bridgehead atoms.